The summed E-state index contributed by atoms with van der Waals surface area (Å²) in [6.07, 6.45) is 5.23. The summed E-state index contributed by atoms with van der Waals surface area (Å²) >= 11 is 0. The Morgan fingerprint density at radius 3 is 3.00 bits per heavy atom. The molecule has 0 radical (unpaired) electrons. The summed E-state index contributed by atoms with van der Waals surface area (Å²) in [5.41, 5.74) is -0.130. The molecule has 1 unspecified atom stereocenters. The molecule has 146 valence electrons. The zero-order valence-electron chi connectivity index (χ0n) is 15.7. The van der Waals surface area contributed by atoms with Crippen molar-refractivity contribution >= 4 is 16.7 Å². The van der Waals surface area contributed by atoms with Crippen LogP contribution in [0.3, 0.4) is 0 Å². The summed E-state index contributed by atoms with van der Waals surface area (Å²) < 4.78 is 6.82. The van der Waals surface area contributed by atoms with Crippen molar-refractivity contribution in [1.82, 2.24) is 20.0 Å². The van der Waals surface area contributed by atoms with Gasteiger partial charge in [0.2, 0.25) is 5.91 Å². The third-order valence-electron chi connectivity index (χ3n) is 5.22. The van der Waals surface area contributed by atoms with E-state index in [9.17, 15) is 9.59 Å². The smallest absolute Gasteiger partial charge is 0.274 e. The second-order valence-electron chi connectivity index (χ2n) is 7.20. The normalized spacial score (nSPS) is 17.6. The first-order valence-electron chi connectivity index (χ1n) is 9.68. The molecule has 1 fully saturated rings. The van der Waals surface area contributed by atoms with E-state index in [1.165, 1.54) is 4.68 Å². The van der Waals surface area contributed by atoms with Crippen LogP contribution in [0.2, 0.25) is 0 Å². The Kier molecular flexibility index (Phi) is 5.53. The molecular weight excluding hydrogens is 356 g/mol. The van der Waals surface area contributed by atoms with Crippen molar-refractivity contribution in [3.63, 3.8) is 0 Å². The van der Waals surface area contributed by atoms with Gasteiger partial charge >= 0.3 is 0 Å². The molecule has 0 bridgehead atoms. The maximum atomic E-state index is 12.6. The third kappa shape index (κ3) is 4.14. The van der Waals surface area contributed by atoms with E-state index in [4.69, 9.17) is 4.42 Å². The summed E-state index contributed by atoms with van der Waals surface area (Å²) in [6.45, 7) is 3.17. The van der Waals surface area contributed by atoms with Crippen molar-refractivity contribution in [1.29, 1.82) is 0 Å². The molecule has 3 aromatic rings. The molecule has 1 N–H and O–H groups in total. The van der Waals surface area contributed by atoms with Crippen LogP contribution in [0.1, 0.15) is 18.6 Å². The molecule has 0 aliphatic carbocycles. The minimum atomic E-state index is -0.130. The molecule has 28 heavy (non-hydrogen) atoms. The largest absolute Gasteiger partial charge is 0.468 e. The number of carbonyl (C=O) groups excluding carboxylic acids is 1. The second kappa shape index (κ2) is 8.39. The molecule has 3 heterocycles. The minimum Gasteiger partial charge on any atom is -0.468 e. The summed E-state index contributed by atoms with van der Waals surface area (Å²) in [6, 6.07) is 11.2. The molecule has 0 spiro atoms. The monoisotopic (exact) mass is 380 g/mol. The molecule has 7 nitrogen and oxygen atoms in total. The van der Waals surface area contributed by atoms with Gasteiger partial charge in [-0.05, 0) is 37.6 Å². The minimum absolute atomic E-state index is 0.0370. The second-order valence-corrected chi connectivity index (χ2v) is 7.20. The zero-order valence-corrected chi connectivity index (χ0v) is 15.7. The fourth-order valence-electron chi connectivity index (χ4n) is 3.75. The van der Waals surface area contributed by atoms with Crippen molar-refractivity contribution in [3.8, 4) is 0 Å². The van der Waals surface area contributed by atoms with Crippen LogP contribution in [0.15, 0.2) is 58.1 Å². The molecule has 2 aromatic heterocycles. The van der Waals surface area contributed by atoms with E-state index in [-0.39, 0.29) is 17.4 Å². The topological polar surface area (TPSA) is 80.4 Å². The number of carbonyl (C=O) groups is 1. The van der Waals surface area contributed by atoms with Crippen LogP contribution in [0.5, 0.6) is 0 Å². The predicted molar refractivity (Wildman–Crippen MR) is 106 cm³/mol. The van der Waals surface area contributed by atoms with E-state index >= 15 is 0 Å². The number of rotatable bonds is 6. The van der Waals surface area contributed by atoms with Gasteiger partial charge in [0.25, 0.3) is 5.56 Å². The number of aromatic nitrogens is 2. The Balaban J connectivity index is 1.30. The Hall–Kier alpha value is -2.93. The fraction of sp³-hybridized carbons (Fsp3) is 0.381. The molecule has 1 atom stereocenters. The van der Waals surface area contributed by atoms with Gasteiger partial charge in [-0.1, -0.05) is 18.2 Å². The van der Waals surface area contributed by atoms with Gasteiger partial charge in [-0.2, -0.15) is 5.10 Å². The molecular formula is C21H24N4O3. The van der Waals surface area contributed by atoms with E-state index in [0.29, 0.717) is 18.5 Å². The predicted octanol–water partition coefficient (Wildman–Crippen LogP) is 2.02. The van der Waals surface area contributed by atoms with Crippen LogP contribution in [-0.4, -0.2) is 40.2 Å². The SMILES string of the molecule is O=C(NCCn1ncc2ccccc2c1=O)C1CCCN(Cc2ccco2)C1. The number of piperidine rings is 1. The average Bonchev–Trinajstić information content (AvgIpc) is 3.23. The van der Waals surface area contributed by atoms with Crippen molar-refractivity contribution in [2.75, 3.05) is 19.6 Å². The highest BCUT2D eigenvalue weighted by Crippen LogP contribution is 2.19. The molecule has 1 aliphatic rings. The van der Waals surface area contributed by atoms with Gasteiger partial charge < -0.3 is 9.73 Å². The van der Waals surface area contributed by atoms with E-state index in [1.807, 2.05) is 30.3 Å². The summed E-state index contributed by atoms with van der Waals surface area (Å²) in [5, 5.41) is 8.64. The van der Waals surface area contributed by atoms with Crippen LogP contribution in [-0.2, 0) is 17.9 Å². The number of nitrogens with one attached hydrogen (secondary N) is 1. The lowest BCUT2D eigenvalue weighted by Gasteiger charge is -2.31. The number of hydrogen-bond donors (Lipinski definition) is 1. The molecule has 1 amide bonds. The number of furan rings is 1. The fourth-order valence-corrected chi connectivity index (χ4v) is 3.75. The Bertz CT molecular complexity index is 996. The van der Waals surface area contributed by atoms with E-state index in [1.54, 1.807) is 18.5 Å². The number of nitrogens with zero attached hydrogens (tertiary/aromatic N) is 3. The van der Waals surface area contributed by atoms with Crippen LogP contribution < -0.4 is 10.9 Å². The number of hydrogen-bond acceptors (Lipinski definition) is 5. The van der Waals surface area contributed by atoms with E-state index in [2.05, 4.69) is 15.3 Å². The van der Waals surface area contributed by atoms with Crippen LogP contribution in [0.4, 0.5) is 0 Å². The molecule has 1 aliphatic heterocycles. The number of likely N-dealkylation sites (tertiary alicyclic amines) is 1. The standard InChI is InChI=1S/C21H24N4O3/c26-20(17-6-3-10-24(14-17)15-18-7-4-12-28-18)22-9-11-25-21(27)19-8-2-1-5-16(19)13-23-25/h1-2,4-5,7-8,12-13,17H,3,6,9-11,14-15H2,(H,22,26). The van der Waals surface area contributed by atoms with Gasteiger partial charge in [0.15, 0.2) is 0 Å². The molecule has 1 aromatic carbocycles. The zero-order chi connectivity index (χ0) is 19.3. The third-order valence-corrected chi connectivity index (χ3v) is 5.22. The van der Waals surface area contributed by atoms with Gasteiger partial charge in [0.1, 0.15) is 5.76 Å². The summed E-state index contributed by atoms with van der Waals surface area (Å²) in [5.74, 6) is 0.922. The van der Waals surface area contributed by atoms with Gasteiger partial charge in [-0.3, -0.25) is 14.5 Å². The number of benzene rings is 1. The van der Waals surface area contributed by atoms with Gasteiger partial charge in [-0.25, -0.2) is 4.68 Å². The van der Waals surface area contributed by atoms with Crippen molar-refractivity contribution in [3.05, 3.63) is 65.0 Å². The lowest BCUT2D eigenvalue weighted by Crippen LogP contribution is -2.43. The highest BCUT2D eigenvalue weighted by Gasteiger charge is 2.26. The average molecular weight is 380 g/mol. The van der Waals surface area contributed by atoms with Crippen LogP contribution in [0.25, 0.3) is 10.8 Å². The Morgan fingerprint density at radius 2 is 2.14 bits per heavy atom. The lowest BCUT2D eigenvalue weighted by atomic mass is 9.97. The highest BCUT2D eigenvalue weighted by molar-refractivity contribution is 5.80. The summed E-state index contributed by atoms with van der Waals surface area (Å²) in [7, 11) is 0. The first-order valence-corrected chi connectivity index (χ1v) is 9.68. The molecule has 7 heteroatoms. The quantitative estimate of drug-likeness (QED) is 0.708. The maximum absolute atomic E-state index is 12.6. The van der Waals surface area contributed by atoms with Crippen molar-refractivity contribution in [2.24, 2.45) is 5.92 Å². The number of fused-ring (bicyclic) bond motifs is 1. The van der Waals surface area contributed by atoms with Crippen LogP contribution in [0, 0.1) is 5.92 Å². The van der Waals surface area contributed by atoms with Gasteiger partial charge in [-0.15, -0.1) is 0 Å². The first-order chi connectivity index (χ1) is 13.7. The molecule has 4 rings (SSSR count). The van der Waals surface area contributed by atoms with Crippen molar-refractivity contribution in [2.45, 2.75) is 25.9 Å². The van der Waals surface area contributed by atoms with E-state index in [0.717, 1.165) is 43.6 Å². The first kappa shape index (κ1) is 18.4. The highest BCUT2D eigenvalue weighted by atomic mass is 16.3. The lowest BCUT2D eigenvalue weighted by molar-refractivity contribution is -0.126. The van der Waals surface area contributed by atoms with Crippen molar-refractivity contribution < 1.29 is 9.21 Å². The Morgan fingerprint density at radius 1 is 1.25 bits per heavy atom. The van der Waals surface area contributed by atoms with Gasteiger partial charge in [0.05, 0.1) is 36.9 Å². The number of amides is 1. The van der Waals surface area contributed by atoms with E-state index < -0.39 is 0 Å². The molecule has 0 saturated carbocycles. The maximum Gasteiger partial charge on any atom is 0.274 e. The Labute approximate surface area is 162 Å². The van der Waals surface area contributed by atoms with Gasteiger partial charge in [0, 0.05) is 18.5 Å². The van der Waals surface area contributed by atoms with Crippen LogP contribution >= 0.6 is 0 Å². The summed E-state index contributed by atoms with van der Waals surface area (Å²) in [4.78, 5) is 27.3. The molecule has 1 saturated heterocycles.